The molecule has 0 heterocycles. The highest BCUT2D eigenvalue weighted by Crippen LogP contribution is 2.22. The Labute approximate surface area is 99.9 Å². The third-order valence-electron chi connectivity index (χ3n) is 1.85. The Morgan fingerprint density at radius 3 is 1.28 bits per heavy atom. The van der Waals surface area contributed by atoms with Gasteiger partial charge in [-0.2, -0.15) is 0 Å². The van der Waals surface area contributed by atoms with E-state index in [1.54, 1.807) is 0 Å². The second kappa shape index (κ2) is 6.06. The molecule has 1 aromatic carbocycles. The summed E-state index contributed by atoms with van der Waals surface area (Å²) in [5.74, 6) is 0.423. The van der Waals surface area contributed by atoms with Gasteiger partial charge in [-0.3, -0.25) is 0 Å². The maximum absolute atomic E-state index is 13.4. The van der Waals surface area contributed by atoms with Crippen molar-refractivity contribution >= 4 is 0 Å². The number of benzene rings is 1. The molecule has 0 bridgehead atoms. The van der Waals surface area contributed by atoms with Crippen LogP contribution in [0.5, 0.6) is 0 Å². The predicted octanol–water partition coefficient (Wildman–Crippen LogP) is 0.931. The molecule has 2 nitrogen and oxygen atoms in total. The molecule has 94 valence electrons. The number of rotatable bonds is 0. The highest BCUT2D eigenvalue weighted by Gasteiger charge is 2.23. The molecule has 0 aromatic heterocycles. The lowest BCUT2D eigenvalue weighted by Crippen LogP contribution is -2.04. The van der Waals surface area contributed by atoms with Gasteiger partial charge in [-0.25, -0.2) is 17.6 Å². The van der Waals surface area contributed by atoms with Crippen molar-refractivity contribution in [1.82, 2.24) is 0 Å². The fourth-order valence-corrected chi connectivity index (χ4v) is 1.12. The van der Waals surface area contributed by atoms with Gasteiger partial charge in [-0.05, 0) is 0 Å². The van der Waals surface area contributed by atoms with Crippen molar-refractivity contribution in [1.29, 1.82) is 0 Å². The summed E-state index contributed by atoms with van der Waals surface area (Å²) in [6.45, 7) is -1.35. The van der Waals surface area contributed by atoms with E-state index in [4.69, 9.17) is 10.2 Å². The fourth-order valence-electron chi connectivity index (χ4n) is 1.12. The van der Waals surface area contributed by atoms with E-state index in [-0.39, 0.29) is 0 Å². The molecule has 0 spiro atoms. The first-order valence-corrected chi connectivity index (χ1v) is 4.60. The quantitative estimate of drug-likeness (QED) is 0.314. The Morgan fingerprint density at radius 1 is 0.667 bits per heavy atom. The molecule has 6 heteroatoms. The molecule has 0 saturated carbocycles. The van der Waals surface area contributed by atoms with Crippen LogP contribution in [0.3, 0.4) is 0 Å². The fraction of sp³-hybridized carbons (Fsp3) is 0.167. The Balaban J connectivity index is 3.64. The van der Waals surface area contributed by atoms with E-state index in [0.29, 0.717) is 0 Å². The van der Waals surface area contributed by atoms with Crippen molar-refractivity contribution in [3.05, 3.63) is 34.4 Å². The highest BCUT2D eigenvalue weighted by molar-refractivity contribution is 5.52. The van der Waals surface area contributed by atoms with Gasteiger partial charge in [0.25, 0.3) is 0 Å². The zero-order valence-electron chi connectivity index (χ0n) is 8.82. The maximum Gasteiger partial charge on any atom is 0.198 e. The van der Waals surface area contributed by atoms with Gasteiger partial charge in [0.15, 0.2) is 23.3 Å². The molecule has 0 aliphatic carbocycles. The second-order valence-corrected chi connectivity index (χ2v) is 2.93. The maximum atomic E-state index is 13.4. The molecule has 0 aliphatic rings. The first kappa shape index (κ1) is 14.0. The molecule has 0 saturated heterocycles. The average molecular weight is 258 g/mol. The van der Waals surface area contributed by atoms with Gasteiger partial charge in [-0.15, -0.1) is 0 Å². The van der Waals surface area contributed by atoms with E-state index < -0.39 is 47.6 Å². The van der Waals surface area contributed by atoms with Crippen LogP contribution in [0, 0.1) is 47.0 Å². The zero-order valence-corrected chi connectivity index (χ0v) is 8.82. The standard InChI is InChI=1S/C12H6F4O2/c13-9-7(3-1-5-17)8(4-2-6-18)10(14)12(16)11(9)15/h17-18H,5-6H2. The van der Waals surface area contributed by atoms with Gasteiger partial charge in [0.1, 0.15) is 13.2 Å². The number of aliphatic hydroxyl groups excluding tert-OH is 2. The highest BCUT2D eigenvalue weighted by atomic mass is 19.2. The van der Waals surface area contributed by atoms with Crippen molar-refractivity contribution in [2.75, 3.05) is 13.2 Å². The van der Waals surface area contributed by atoms with E-state index in [1.165, 1.54) is 0 Å². The van der Waals surface area contributed by atoms with Crippen LogP contribution in [0.15, 0.2) is 0 Å². The smallest absolute Gasteiger partial charge is 0.198 e. The molecule has 1 aromatic rings. The summed E-state index contributed by atoms with van der Waals surface area (Å²) in [7, 11) is 0. The minimum atomic E-state index is -2.01. The summed E-state index contributed by atoms with van der Waals surface area (Å²) >= 11 is 0. The molecule has 18 heavy (non-hydrogen) atoms. The third kappa shape index (κ3) is 2.62. The minimum Gasteiger partial charge on any atom is -0.384 e. The molecular weight excluding hydrogens is 252 g/mol. The lowest BCUT2D eigenvalue weighted by molar-refractivity contribution is 0.350. The number of hydrogen-bond donors (Lipinski definition) is 2. The second-order valence-electron chi connectivity index (χ2n) is 2.93. The van der Waals surface area contributed by atoms with Gasteiger partial charge in [0.2, 0.25) is 0 Å². The lowest BCUT2D eigenvalue weighted by atomic mass is 10.1. The molecule has 0 fully saturated rings. The number of hydrogen-bond acceptors (Lipinski definition) is 2. The summed E-state index contributed by atoms with van der Waals surface area (Å²) in [5, 5.41) is 16.9. The van der Waals surface area contributed by atoms with Gasteiger partial charge >= 0.3 is 0 Å². The summed E-state index contributed by atoms with van der Waals surface area (Å²) in [6, 6.07) is 0. The van der Waals surface area contributed by atoms with Crippen LogP contribution in [0.1, 0.15) is 11.1 Å². The molecule has 0 unspecified atom stereocenters. The van der Waals surface area contributed by atoms with Crippen molar-refractivity contribution in [2.24, 2.45) is 0 Å². The van der Waals surface area contributed by atoms with Crippen LogP contribution in [0.25, 0.3) is 0 Å². The van der Waals surface area contributed by atoms with Gasteiger partial charge < -0.3 is 10.2 Å². The van der Waals surface area contributed by atoms with E-state index in [9.17, 15) is 17.6 Å². The Morgan fingerprint density at radius 2 is 1.00 bits per heavy atom. The summed E-state index contributed by atoms with van der Waals surface area (Å²) in [4.78, 5) is 0. The van der Waals surface area contributed by atoms with Crippen LogP contribution in [-0.4, -0.2) is 23.4 Å². The lowest BCUT2D eigenvalue weighted by Gasteiger charge is -2.04. The number of halogens is 4. The largest absolute Gasteiger partial charge is 0.384 e. The van der Waals surface area contributed by atoms with E-state index in [0.717, 1.165) is 0 Å². The van der Waals surface area contributed by atoms with E-state index in [2.05, 4.69) is 0 Å². The molecule has 0 radical (unpaired) electrons. The van der Waals surface area contributed by atoms with E-state index in [1.807, 2.05) is 23.7 Å². The van der Waals surface area contributed by atoms with Crippen molar-refractivity contribution in [3.8, 4) is 23.7 Å². The first-order chi connectivity index (χ1) is 8.54. The molecule has 0 atom stereocenters. The topological polar surface area (TPSA) is 40.5 Å². The molecule has 0 amide bonds. The van der Waals surface area contributed by atoms with Gasteiger partial charge in [0, 0.05) is 0 Å². The molecule has 0 aliphatic heterocycles. The Bertz CT molecular complexity index is 535. The number of aliphatic hydroxyl groups is 2. The van der Waals surface area contributed by atoms with Crippen LogP contribution >= 0.6 is 0 Å². The Hall–Kier alpha value is -2.02. The van der Waals surface area contributed by atoms with Crippen molar-refractivity contribution in [2.45, 2.75) is 0 Å². The zero-order chi connectivity index (χ0) is 13.7. The molecule has 2 N–H and O–H groups in total. The van der Waals surface area contributed by atoms with Gasteiger partial charge in [-0.1, -0.05) is 23.7 Å². The van der Waals surface area contributed by atoms with Crippen LogP contribution in [0.2, 0.25) is 0 Å². The van der Waals surface area contributed by atoms with Gasteiger partial charge in [0.05, 0.1) is 11.1 Å². The summed E-state index contributed by atoms with van der Waals surface area (Å²) in [5.41, 5.74) is -1.61. The van der Waals surface area contributed by atoms with E-state index >= 15 is 0 Å². The summed E-state index contributed by atoms with van der Waals surface area (Å²) < 4.78 is 52.6. The summed E-state index contributed by atoms with van der Waals surface area (Å²) in [6.07, 6.45) is 0. The molecular formula is C12H6F4O2. The average Bonchev–Trinajstić information content (AvgIpc) is 2.38. The predicted molar refractivity (Wildman–Crippen MR) is 54.2 cm³/mol. The molecule has 1 rings (SSSR count). The van der Waals surface area contributed by atoms with Crippen LogP contribution in [-0.2, 0) is 0 Å². The monoisotopic (exact) mass is 258 g/mol. The van der Waals surface area contributed by atoms with Crippen molar-refractivity contribution in [3.63, 3.8) is 0 Å². The Kier molecular flexibility index (Phi) is 4.73. The SMILES string of the molecule is OCC#Cc1c(F)c(F)c(F)c(F)c1C#CCO. The minimum absolute atomic E-state index is 0.674. The van der Waals surface area contributed by atoms with Crippen molar-refractivity contribution < 1.29 is 27.8 Å². The van der Waals surface area contributed by atoms with Crippen LogP contribution in [0.4, 0.5) is 17.6 Å². The first-order valence-electron chi connectivity index (χ1n) is 4.60. The normalized spacial score (nSPS) is 9.22. The van der Waals surface area contributed by atoms with Crippen LogP contribution < -0.4 is 0 Å². The third-order valence-corrected chi connectivity index (χ3v) is 1.85.